The Kier molecular flexibility index (Phi) is 2.46. The molecule has 1 fully saturated rings. The van der Waals surface area contributed by atoms with Gasteiger partial charge >= 0.3 is 0 Å². The maximum Gasteiger partial charge on any atom is 0.220 e. The first-order valence-corrected chi connectivity index (χ1v) is 5.21. The van der Waals surface area contributed by atoms with E-state index in [4.69, 9.17) is 0 Å². The Bertz CT molecular complexity index is 378. The monoisotopic (exact) mass is 255 g/mol. The summed E-state index contributed by atoms with van der Waals surface area (Å²) in [4.78, 5) is 11.0. The minimum Gasteiger partial charge on any atom is -0.507 e. The summed E-state index contributed by atoms with van der Waals surface area (Å²) < 4.78 is 0.675. The maximum absolute atomic E-state index is 11.0. The van der Waals surface area contributed by atoms with Crippen LogP contribution in [0.4, 0.5) is 0 Å². The number of phenols is 1. The number of amides is 1. The van der Waals surface area contributed by atoms with Crippen molar-refractivity contribution in [2.75, 3.05) is 6.54 Å². The summed E-state index contributed by atoms with van der Waals surface area (Å²) >= 11 is 3.25. The van der Waals surface area contributed by atoms with E-state index in [0.29, 0.717) is 17.4 Å². The summed E-state index contributed by atoms with van der Waals surface area (Å²) in [5.74, 6) is 0.560. The smallest absolute Gasteiger partial charge is 0.220 e. The number of benzene rings is 1. The van der Waals surface area contributed by atoms with Crippen LogP contribution in [0.25, 0.3) is 0 Å². The number of halogens is 1. The maximum atomic E-state index is 11.0. The van der Waals surface area contributed by atoms with Gasteiger partial charge in [0.15, 0.2) is 0 Å². The topological polar surface area (TPSA) is 49.3 Å². The Morgan fingerprint density at radius 2 is 2.29 bits per heavy atom. The minimum atomic E-state index is 0.0965. The zero-order chi connectivity index (χ0) is 10.1. The van der Waals surface area contributed by atoms with Crippen LogP contribution >= 0.6 is 15.9 Å². The number of rotatable bonds is 1. The largest absolute Gasteiger partial charge is 0.507 e. The van der Waals surface area contributed by atoms with E-state index in [0.717, 1.165) is 5.56 Å². The first kappa shape index (κ1) is 9.52. The fraction of sp³-hybridized carbons (Fsp3) is 0.300. The van der Waals surface area contributed by atoms with Gasteiger partial charge in [-0.2, -0.15) is 0 Å². The first-order chi connectivity index (χ1) is 6.66. The van der Waals surface area contributed by atoms with Gasteiger partial charge in [-0.3, -0.25) is 4.79 Å². The molecule has 1 atom stereocenters. The van der Waals surface area contributed by atoms with Gasteiger partial charge in [0, 0.05) is 18.9 Å². The highest BCUT2D eigenvalue weighted by atomic mass is 79.9. The van der Waals surface area contributed by atoms with E-state index < -0.39 is 0 Å². The quantitative estimate of drug-likeness (QED) is 0.804. The second-order valence-electron chi connectivity index (χ2n) is 3.42. The van der Waals surface area contributed by atoms with E-state index >= 15 is 0 Å². The standard InChI is InChI=1S/C10H10BrNO2/c11-8-3-6(1-2-9(8)13)7-4-10(14)12-5-7/h1-3,7,13H,4-5H2,(H,12,14). The number of carbonyl (C=O) groups excluding carboxylic acids is 1. The zero-order valence-corrected chi connectivity index (χ0v) is 9.04. The van der Waals surface area contributed by atoms with Gasteiger partial charge < -0.3 is 10.4 Å². The van der Waals surface area contributed by atoms with Crippen molar-refractivity contribution < 1.29 is 9.90 Å². The fourth-order valence-corrected chi connectivity index (χ4v) is 2.01. The normalized spacial score (nSPS) is 20.9. The van der Waals surface area contributed by atoms with Crippen molar-refractivity contribution in [1.29, 1.82) is 0 Å². The molecule has 2 rings (SSSR count). The molecule has 0 aromatic heterocycles. The van der Waals surface area contributed by atoms with Crippen molar-refractivity contribution in [3.05, 3.63) is 28.2 Å². The van der Waals surface area contributed by atoms with Crippen LogP contribution in [0.1, 0.15) is 17.9 Å². The van der Waals surface area contributed by atoms with E-state index in [1.54, 1.807) is 6.07 Å². The number of hydrogen-bond acceptors (Lipinski definition) is 2. The van der Waals surface area contributed by atoms with Crippen LogP contribution in [0.5, 0.6) is 5.75 Å². The van der Waals surface area contributed by atoms with Crippen molar-refractivity contribution in [2.45, 2.75) is 12.3 Å². The van der Waals surface area contributed by atoms with Gasteiger partial charge in [0.1, 0.15) is 5.75 Å². The van der Waals surface area contributed by atoms with Crippen LogP contribution in [0.15, 0.2) is 22.7 Å². The molecule has 0 aliphatic carbocycles. The number of hydrogen-bond donors (Lipinski definition) is 2. The van der Waals surface area contributed by atoms with Crippen LogP contribution in [0.2, 0.25) is 0 Å². The molecular formula is C10H10BrNO2. The molecule has 14 heavy (non-hydrogen) atoms. The number of carbonyl (C=O) groups is 1. The first-order valence-electron chi connectivity index (χ1n) is 4.42. The van der Waals surface area contributed by atoms with E-state index in [1.165, 1.54) is 0 Å². The summed E-state index contributed by atoms with van der Waals surface area (Å²) in [6.45, 7) is 0.691. The lowest BCUT2D eigenvalue weighted by atomic mass is 9.98. The van der Waals surface area contributed by atoms with E-state index in [-0.39, 0.29) is 17.6 Å². The van der Waals surface area contributed by atoms with E-state index in [9.17, 15) is 9.90 Å². The fourth-order valence-electron chi connectivity index (χ4n) is 1.62. The zero-order valence-electron chi connectivity index (χ0n) is 7.46. The molecule has 2 N–H and O–H groups in total. The van der Waals surface area contributed by atoms with Crippen molar-refractivity contribution in [3.63, 3.8) is 0 Å². The molecule has 0 radical (unpaired) electrons. The molecule has 1 aromatic rings. The molecule has 3 nitrogen and oxygen atoms in total. The van der Waals surface area contributed by atoms with Crippen molar-refractivity contribution >= 4 is 21.8 Å². The number of phenolic OH excluding ortho intramolecular Hbond substituents is 1. The van der Waals surface area contributed by atoms with Gasteiger partial charge in [-0.1, -0.05) is 6.07 Å². The summed E-state index contributed by atoms with van der Waals surface area (Å²) in [7, 11) is 0. The van der Waals surface area contributed by atoms with Gasteiger partial charge in [-0.25, -0.2) is 0 Å². The van der Waals surface area contributed by atoms with Gasteiger partial charge in [-0.05, 0) is 33.6 Å². The number of aromatic hydroxyl groups is 1. The SMILES string of the molecule is O=C1CC(c2ccc(O)c(Br)c2)CN1. The molecule has 0 saturated carbocycles. The predicted octanol–water partition coefficient (Wildman–Crippen LogP) is 1.76. The second kappa shape index (κ2) is 3.61. The average Bonchev–Trinajstić information content (AvgIpc) is 2.57. The number of nitrogens with one attached hydrogen (secondary N) is 1. The molecule has 1 unspecified atom stereocenters. The lowest BCUT2D eigenvalue weighted by Crippen LogP contribution is -2.13. The molecule has 1 aliphatic heterocycles. The molecule has 1 saturated heterocycles. The van der Waals surface area contributed by atoms with Crippen LogP contribution < -0.4 is 5.32 Å². The second-order valence-corrected chi connectivity index (χ2v) is 4.27. The molecule has 74 valence electrons. The molecule has 1 aliphatic rings. The predicted molar refractivity (Wildman–Crippen MR) is 56.2 cm³/mol. The highest BCUT2D eigenvalue weighted by molar-refractivity contribution is 9.10. The van der Waals surface area contributed by atoms with Gasteiger partial charge in [0.25, 0.3) is 0 Å². The third kappa shape index (κ3) is 1.75. The van der Waals surface area contributed by atoms with E-state index in [1.807, 2.05) is 12.1 Å². The molecule has 1 amide bonds. The Hall–Kier alpha value is -1.03. The van der Waals surface area contributed by atoms with Crippen LogP contribution in [-0.2, 0) is 4.79 Å². The summed E-state index contributed by atoms with van der Waals surface area (Å²) in [6, 6.07) is 5.35. The molecule has 1 aromatic carbocycles. The Morgan fingerprint density at radius 3 is 2.86 bits per heavy atom. The van der Waals surface area contributed by atoms with Gasteiger partial charge in [0.2, 0.25) is 5.91 Å². The Morgan fingerprint density at radius 1 is 1.50 bits per heavy atom. The van der Waals surface area contributed by atoms with Gasteiger partial charge in [0.05, 0.1) is 4.47 Å². The van der Waals surface area contributed by atoms with Crippen LogP contribution in [0.3, 0.4) is 0 Å². The summed E-state index contributed by atoms with van der Waals surface area (Å²) in [6.07, 6.45) is 0.539. The third-order valence-corrected chi connectivity index (χ3v) is 3.06. The van der Waals surface area contributed by atoms with Gasteiger partial charge in [-0.15, -0.1) is 0 Å². The highest BCUT2D eigenvalue weighted by Gasteiger charge is 2.23. The van der Waals surface area contributed by atoms with Crippen LogP contribution in [0, 0.1) is 0 Å². The Labute approximate surface area is 90.3 Å². The molecule has 0 bridgehead atoms. The Balaban J connectivity index is 2.24. The van der Waals surface area contributed by atoms with Crippen LogP contribution in [-0.4, -0.2) is 17.6 Å². The summed E-state index contributed by atoms with van der Waals surface area (Å²) in [5.41, 5.74) is 1.08. The van der Waals surface area contributed by atoms with Crippen molar-refractivity contribution in [3.8, 4) is 5.75 Å². The van der Waals surface area contributed by atoms with E-state index in [2.05, 4.69) is 21.2 Å². The molecule has 1 heterocycles. The lowest BCUT2D eigenvalue weighted by molar-refractivity contribution is -0.119. The van der Waals surface area contributed by atoms with Crippen molar-refractivity contribution in [2.24, 2.45) is 0 Å². The van der Waals surface area contributed by atoms with Crippen molar-refractivity contribution in [1.82, 2.24) is 5.32 Å². The highest BCUT2D eigenvalue weighted by Crippen LogP contribution is 2.30. The molecular weight excluding hydrogens is 246 g/mol. The molecule has 4 heteroatoms. The average molecular weight is 256 g/mol. The summed E-state index contributed by atoms with van der Waals surface area (Å²) in [5, 5.41) is 12.1. The third-order valence-electron chi connectivity index (χ3n) is 2.42. The minimum absolute atomic E-state index is 0.0965. The lowest BCUT2D eigenvalue weighted by Gasteiger charge is -2.08. The molecule has 0 spiro atoms.